The molecule has 0 fully saturated rings. The minimum absolute atomic E-state index is 0.324. The van der Waals surface area contributed by atoms with Gasteiger partial charge in [-0.05, 0) is 18.2 Å². The van der Waals surface area contributed by atoms with Gasteiger partial charge in [0.1, 0.15) is 16.8 Å². The third-order valence-electron chi connectivity index (χ3n) is 2.50. The first-order valence-corrected chi connectivity index (χ1v) is 6.56. The van der Waals surface area contributed by atoms with Crippen LogP contribution in [0.5, 0.6) is 5.75 Å². The molecule has 7 heteroatoms. The number of thiazole rings is 1. The molecule has 100 valence electrons. The standard InChI is InChI=1S/C12H11ClN2O3S/c1-18-9-4-6(13)2-3-7(9)11-15-8(5-19-11)10(14)12(16)17/h2-5,10H,14H2,1H3,(H,16,17). The second-order valence-electron chi connectivity index (χ2n) is 3.74. The van der Waals surface area contributed by atoms with Gasteiger partial charge in [-0.2, -0.15) is 0 Å². The molecular weight excluding hydrogens is 288 g/mol. The molecule has 0 saturated carbocycles. The maximum atomic E-state index is 10.8. The summed E-state index contributed by atoms with van der Waals surface area (Å²) >= 11 is 7.19. The summed E-state index contributed by atoms with van der Waals surface area (Å²) in [6, 6.07) is 4.05. The van der Waals surface area contributed by atoms with Gasteiger partial charge in [0.2, 0.25) is 0 Å². The number of methoxy groups -OCH3 is 1. The minimum atomic E-state index is -1.12. The molecule has 1 aromatic carbocycles. The number of nitrogens with two attached hydrogens (primary N) is 1. The van der Waals surface area contributed by atoms with E-state index in [4.69, 9.17) is 27.2 Å². The number of halogens is 1. The van der Waals surface area contributed by atoms with Crippen LogP contribution >= 0.6 is 22.9 Å². The number of nitrogens with zero attached hydrogens (tertiary/aromatic N) is 1. The fourth-order valence-electron chi connectivity index (χ4n) is 1.52. The predicted molar refractivity (Wildman–Crippen MR) is 73.7 cm³/mol. The van der Waals surface area contributed by atoms with Crippen molar-refractivity contribution in [3.8, 4) is 16.3 Å². The summed E-state index contributed by atoms with van der Waals surface area (Å²) in [7, 11) is 1.53. The zero-order valence-corrected chi connectivity index (χ0v) is 11.5. The van der Waals surface area contributed by atoms with Crippen molar-refractivity contribution in [2.75, 3.05) is 7.11 Å². The Morgan fingerprint density at radius 3 is 2.95 bits per heavy atom. The van der Waals surface area contributed by atoms with Gasteiger partial charge in [-0.1, -0.05) is 11.6 Å². The first-order valence-electron chi connectivity index (χ1n) is 5.30. The highest BCUT2D eigenvalue weighted by molar-refractivity contribution is 7.13. The lowest BCUT2D eigenvalue weighted by Gasteiger charge is -2.06. The summed E-state index contributed by atoms with van der Waals surface area (Å²) in [5.74, 6) is -0.530. The monoisotopic (exact) mass is 298 g/mol. The molecular formula is C12H11ClN2O3S. The summed E-state index contributed by atoms with van der Waals surface area (Å²) in [6.07, 6.45) is 0. The number of carboxylic acids is 1. The van der Waals surface area contributed by atoms with Gasteiger partial charge in [0.25, 0.3) is 0 Å². The van der Waals surface area contributed by atoms with Gasteiger partial charge in [-0.25, -0.2) is 4.98 Å². The predicted octanol–water partition coefficient (Wildman–Crippen LogP) is 2.56. The topological polar surface area (TPSA) is 85.4 Å². The van der Waals surface area contributed by atoms with E-state index in [0.29, 0.717) is 21.5 Å². The molecule has 1 atom stereocenters. The van der Waals surface area contributed by atoms with Crippen molar-refractivity contribution in [2.45, 2.75) is 6.04 Å². The summed E-state index contributed by atoms with van der Waals surface area (Å²) in [4.78, 5) is 15.0. The molecule has 0 aliphatic carbocycles. The van der Waals surface area contributed by atoms with Crippen molar-refractivity contribution in [1.82, 2.24) is 4.98 Å². The van der Waals surface area contributed by atoms with E-state index in [2.05, 4.69) is 4.98 Å². The fraction of sp³-hybridized carbons (Fsp3) is 0.167. The van der Waals surface area contributed by atoms with Crippen LogP contribution in [0.4, 0.5) is 0 Å². The second-order valence-corrected chi connectivity index (χ2v) is 5.03. The van der Waals surface area contributed by atoms with Crippen LogP contribution in [0, 0.1) is 0 Å². The van der Waals surface area contributed by atoms with Crippen LogP contribution in [-0.4, -0.2) is 23.2 Å². The van der Waals surface area contributed by atoms with Gasteiger partial charge in [-0.3, -0.25) is 4.79 Å². The Bertz CT molecular complexity index is 615. The first kappa shape index (κ1) is 13.8. The third-order valence-corrected chi connectivity index (χ3v) is 3.63. The molecule has 19 heavy (non-hydrogen) atoms. The average Bonchev–Trinajstić information content (AvgIpc) is 2.86. The smallest absolute Gasteiger partial charge is 0.326 e. The van der Waals surface area contributed by atoms with Crippen LogP contribution in [-0.2, 0) is 4.79 Å². The summed E-state index contributed by atoms with van der Waals surface area (Å²) in [6.45, 7) is 0. The highest BCUT2D eigenvalue weighted by atomic mass is 35.5. The summed E-state index contributed by atoms with van der Waals surface area (Å²) < 4.78 is 5.23. The summed E-state index contributed by atoms with van der Waals surface area (Å²) in [5, 5.41) is 11.7. The van der Waals surface area contributed by atoms with Gasteiger partial charge in [0.05, 0.1) is 18.4 Å². The van der Waals surface area contributed by atoms with Crippen LogP contribution in [0.2, 0.25) is 5.02 Å². The van der Waals surface area contributed by atoms with Gasteiger partial charge >= 0.3 is 5.97 Å². The highest BCUT2D eigenvalue weighted by Crippen LogP contribution is 2.34. The Morgan fingerprint density at radius 2 is 2.32 bits per heavy atom. The molecule has 2 rings (SSSR count). The molecule has 0 aliphatic heterocycles. The van der Waals surface area contributed by atoms with E-state index in [0.717, 1.165) is 5.56 Å². The number of aromatic nitrogens is 1. The van der Waals surface area contributed by atoms with Gasteiger partial charge in [0.15, 0.2) is 0 Å². The lowest BCUT2D eigenvalue weighted by Crippen LogP contribution is -2.20. The van der Waals surface area contributed by atoms with Crippen LogP contribution in [0.25, 0.3) is 10.6 Å². The number of carboxylic acid groups (broad SMARTS) is 1. The molecule has 1 aromatic heterocycles. The Morgan fingerprint density at radius 1 is 1.58 bits per heavy atom. The highest BCUT2D eigenvalue weighted by Gasteiger charge is 2.19. The van der Waals surface area contributed by atoms with E-state index in [-0.39, 0.29) is 0 Å². The molecule has 0 bridgehead atoms. The average molecular weight is 299 g/mol. The van der Waals surface area contributed by atoms with E-state index in [1.165, 1.54) is 18.4 Å². The normalized spacial score (nSPS) is 12.2. The second kappa shape index (κ2) is 5.56. The van der Waals surface area contributed by atoms with Crippen molar-refractivity contribution < 1.29 is 14.6 Å². The molecule has 0 amide bonds. The van der Waals surface area contributed by atoms with Gasteiger partial charge in [0, 0.05) is 10.4 Å². The van der Waals surface area contributed by atoms with Crippen molar-refractivity contribution in [3.05, 3.63) is 34.3 Å². The fourth-order valence-corrected chi connectivity index (χ4v) is 2.57. The van der Waals surface area contributed by atoms with Crippen LogP contribution in [0.3, 0.4) is 0 Å². The zero-order chi connectivity index (χ0) is 14.0. The van der Waals surface area contributed by atoms with Crippen molar-refractivity contribution in [2.24, 2.45) is 5.73 Å². The van der Waals surface area contributed by atoms with Crippen LogP contribution < -0.4 is 10.5 Å². The Balaban J connectivity index is 2.40. The number of aliphatic carboxylic acids is 1. The third kappa shape index (κ3) is 2.86. The van der Waals surface area contributed by atoms with E-state index in [1.807, 2.05) is 0 Å². The van der Waals surface area contributed by atoms with Gasteiger partial charge < -0.3 is 15.6 Å². The maximum Gasteiger partial charge on any atom is 0.326 e. The SMILES string of the molecule is COc1cc(Cl)ccc1-c1nc(C(N)C(=O)O)cs1. The largest absolute Gasteiger partial charge is 0.496 e. The van der Waals surface area contributed by atoms with E-state index in [9.17, 15) is 4.79 Å². The molecule has 0 aliphatic rings. The van der Waals surface area contributed by atoms with E-state index >= 15 is 0 Å². The Hall–Kier alpha value is -1.63. The minimum Gasteiger partial charge on any atom is -0.496 e. The number of hydrogen-bond donors (Lipinski definition) is 2. The number of rotatable bonds is 4. The molecule has 3 N–H and O–H groups in total. The molecule has 1 heterocycles. The van der Waals surface area contributed by atoms with Crippen molar-refractivity contribution in [3.63, 3.8) is 0 Å². The lowest BCUT2D eigenvalue weighted by molar-refractivity contribution is -0.138. The molecule has 0 spiro atoms. The van der Waals surface area contributed by atoms with E-state index < -0.39 is 12.0 Å². The van der Waals surface area contributed by atoms with Crippen molar-refractivity contribution >= 4 is 28.9 Å². The first-order chi connectivity index (χ1) is 9.02. The maximum absolute atomic E-state index is 10.8. The number of hydrogen-bond acceptors (Lipinski definition) is 5. The Labute approximate surface area is 118 Å². The number of ether oxygens (including phenoxy) is 1. The Kier molecular flexibility index (Phi) is 4.04. The van der Waals surface area contributed by atoms with Crippen LogP contribution in [0.15, 0.2) is 23.6 Å². The number of carbonyl (C=O) groups is 1. The number of benzene rings is 1. The summed E-state index contributed by atoms with van der Waals surface area (Å²) in [5.41, 5.74) is 6.59. The quantitative estimate of drug-likeness (QED) is 0.906. The van der Waals surface area contributed by atoms with Crippen molar-refractivity contribution in [1.29, 1.82) is 0 Å². The molecule has 1 unspecified atom stereocenters. The van der Waals surface area contributed by atoms with E-state index in [1.54, 1.807) is 23.6 Å². The molecule has 0 radical (unpaired) electrons. The zero-order valence-electron chi connectivity index (χ0n) is 9.96. The molecule has 5 nitrogen and oxygen atoms in total. The van der Waals surface area contributed by atoms with Gasteiger partial charge in [-0.15, -0.1) is 11.3 Å². The lowest BCUT2D eigenvalue weighted by atomic mass is 10.2. The van der Waals surface area contributed by atoms with Crippen LogP contribution in [0.1, 0.15) is 11.7 Å². The molecule has 2 aromatic rings. The molecule has 0 saturated heterocycles.